The minimum atomic E-state index is -0.682. The molecule has 0 aliphatic heterocycles. The lowest BCUT2D eigenvalue weighted by Gasteiger charge is -2.09. The van der Waals surface area contributed by atoms with Crippen LogP contribution in [0.15, 0.2) is 36.4 Å². The van der Waals surface area contributed by atoms with Gasteiger partial charge in [0.05, 0.1) is 18.1 Å². The van der Waals surface area contributed by atoms with Gasteiger partial charge < -0.3 is 9.47 Å². The van der Waals surface area contributed by atoms with Crippen LogP contribution in [0.1, 0.15) is 0 Å². The number of nitro benzene ring substituents is 1. The van der Waals surface area contributed by atoms with Gasteiger partial charge in [0, 0.05) is 12.1 Å². The Bertz CT molecular complexity index is 618. The molecule has 0 unspecified atom stereocenters. The SMILES string of the molecule is COc1cc([N+](=O)[O-])ccc1Oc1cccc(F)n1. The van der Waals surface area contributed by atoms with Gasteiger partial charge in [-0.05, 0) is 12.1 Å². The van der Waals surface area contributed by atoms with Crippen LogP contribution >= 0.6 is 0 Å². The molecule has 0 bridgehead atoms. The van der Waals surface area contributed by atoms with Gasteiger partial charge in [-0.25, -0.2) is 0 Å². The van der Waals surface area contributed by atoms with E-state index in [9.17, 15) is 14.5 Å². The number of nitro groups is 1. The van der Waals surface area contributed by atoms with Gasteiger partial charge in [0.25, 0.3) is 5.69 Å². The quantitative estimate of drug-likeness (QED) is 0.482. The summed E-state index contributed by atoms with van der Waals surface area (Å²) in [5, 5.41) is 10.6. The molecular weight excluding hydrogens is 255 g/mol. The fraction of sp³-hybridized carbons (Fsp3) is 0.0833. The van der Waals surface area contributed by atoms with E-state index in [1.807, 2.05) is 0 Å². The number of benzene rings is 1. The van der Waals surface area contributed by atoms with E-state index in [0.717, 1.165) is 0 Å². The molecule has 2 rings (SSSR count). The van der Waals surface area contributed by atoms with E-state index in [0.29, 0.717) is 0 Å². The van der Waals surface area contributed by atoms with E-state index in [4.69, 9.17) is 9.47 Å². The molecule has 0 spiro atoms. The molecular formula is C12H9FN2O4. The lowest BCUT2D eigenvalue weighted by molar-refractivity contribution is -0.384. The summed E-state index contributed by atoms with van der Waals surface area (Å²) in [6, 6.07) is 7.93. The van der Waals surface area contributed by atoms with Crippen molar-refractivity contribution in [3.8, 4) is 17.4 Å². The number of aromatic nitrogens is 1. The molecule has 0 amide bonds. The van der Waals surface area contributed by atoms with Gasteiger partial charge in [-0.15, -0.1) is 0 Å². The van der Waals surface area contributed by atoms with Gasteiger partial charge in [0.1, 0.15) is 0 Å². The standard InChI is InChI=1S/C12H9FN2O4/c1-18-10-7-8(15(16)17)5-6-9(10)19-12-4-2-3-11(13)14-12/h2-7H,1H3. The third kappa shape index (κ3) is 2.95. The summed E-state index contributed by atoms with van der Waals surface area (Å²) in [4.78, 5) is 13.6. The van der Waals surface area contributed by atoms with E-state index in [-0.39, 0.29) is 23.1 Å². The first-order valence-electron chi connectivity index (χ1n) is 5.23. The van der Waals surface area contributed by atoms with Crippen LogP contribution in [0.25, 0.3) is 0 Å². The highest BCUT2D eigenvalue weighted by atomic mass is 19.1. The first-order chi connectivity index (χ1) is 9.10. The molecule has 0 fully saturated rings. The number of rotatable bonds is 4. The number of pyridine rings is 1. The highest BCUT2D eigenvalue weighted by Gasteiger charge is 2.13. The molecule has 0 N–H and O–H groups in total. The van der Waals surface area contributed by atoms with Crippen LogP contribution in [0.3, 0.4) is 0 Å². The van der Waals surface area contributed by atoms with Crippen molar-refractivity contribution in [3.05, 3.63) is 52.5 Å². The smallest absolute Gasteiger partial charge is 0.273 e. The van der Waals surface area contributed by atoms with Gasteiger partial charge in [-0.3, -0.25) is 10.1 Å². The third-order valence-electron chi connectivity index (χ3n) is 2.26. The zero-order chi connectivity index (χ0) is 13.8. The van der Waals surface area contributed by atoms with Crippen LogP contribution in [-0.4, -0.2) is 17.0 Å². The number of methoxy groups -OCH3 is 1. The van der Waals surface area contributed by atoms with E-state index < -0.39 is 10.9 Å². The van der Waals surface area contributed by atoms with Crippen LogP contribution in [0.5, 0.6) is 17.4 Å². The minimum absolute atomic E-state index is 0.0344. The Labute approximate surface area is 107 Å². The molecule has 0 radical (unpaired) electrons. The summed E-state index contributed by atoms with van der Waals surface area (Å²) < 4.78 is 23.2. The zero-order valence-electron chi connectivity index (χ0n) is 9.87. The highest BCUT2D eigenvalue weighted by Crippen LogP contribution is 2.33. The van der Waals surface area contributed by atoms with Crippen molar-refractivity contribution in [2.45, 2.75) is 0 Å². The Morgan fingerprint density at radius 3 is 2.68 bits per heavy atom. The Balaban J connectivity index is 2.32. The van der Waals surface area contributed by atoms with Gasteiger partial charge in [0.15, 0.2) is 11.5 Å². The second-order valence-electron chi connectivity index (χ2n) is 3.49. The van der Waals surface area contributed by atoms with E-state index in [2.05, 4.69) is 4.98 Å². The lowest BCUT2D eigenvalue weighted by atomic mass is 10.3. The number of nitrogens with zero attached hydrogens (tertiary/aromatic N) is 2. The molecule has 0 aliphatic carbocycles. The van der Waals surface area contributed by atoms with E-state index >= 15 is 0 Å². The summed E-state index contributed by atoms with van der Waals surface area (Å²) in [7, 11) is 1.35. The molecule has 0 aliphatic rings. The lowest BCUT2D eigenvalue weighted by Crippen LogP contribution is -1.95. The maximum atomic E-state index is 12.9. The van der Waals surface area contributed by atoms with Gasteiger partial charge >= 0.3 is 0 Å². The van der Waals surface area contributed by atoms with Crippen molar-refractivity contribution in [2.75, 3.05) is 7.11 Å². The fourth-order valence-corrected chi connectivity index (χ4v) is 1.41. The van der Waals surface area contributed by atoms with Crippen molar-refractivity contribution in [1.29, 1.82) is 0 Å². The molecule has 19 heavy (non-hydrogen) atoms. The van der Waals surface area contributed by atoms with Crippen LogP contribution in [0, 0.1) is 16.1 Å². The molecule has 98 valence electrons. The number of non-ortho nitro benzene ring substituents is 1. The van der Waals surface area contributed by atoms with E-state index in [1.165, 1.54) is 43.5 Å². The van der Waals surface area contributed by atoms with Gasteiger partial charge in [-0.2, -0.15) is 9.37 Å². The number of ether oxygens (including phenoxy) is 2. The highest BCUT2D eigenvalue weighted by molar-refractivity contribution is 5.49. The second kappa shape index (κ2) is 5.30. The average Bonchev–Trinajstić information content (AvgIpc) is 2.39. The van der Waals surface area contributed by atoms with Crippen molar-refractivity contribution < 1.29 is 18.8 Å². The summed E-state index contributed by atoms with van der Waals surface area (Å²) >= 11 is 0. The Morgan fingerprint density at radius 1 is 1.26 bits per heavy atom. The number of halogens is 1. The largest absolute Gasteiger partial charge is 0.493 e. The van der Waals surface area contributed by atoms with Gasteiger partial charge in [0.2, 0.25) is 11.8 Å². The Hall–Kier alpha value is -2.70. The predicted octanol–water partition coefficient (Wildman–Crippen LogP) is 2.93. The second-order valence-corrected chi connectivity index (χ2v) is 3.49. The topological polar surface area (TPSA) is 74.5 Å². The molecule has 7 heteroatoms. The van der Waals surface area contributed by atoms with Crippen molar-refractivity contribution in [3.63, 3.8) is 0 Å². The van der Waals surface area contributed by atoms with Crippen molar-refractivity contribution in [1.82, 2.24) is 4.98 Å². The molecule has 0 atom stereocenters. The predicted molar refractivity (Wildman–Crippen MR) is 63.9 cm³/mol. The zero-order valence-corrected chi connectivity index (χ0v) is 9.87. The first-order valence-corrected chi connectivity index (χ1v) is 5.23. The van der Waals surface area contributed by atoms with Crippen LogP contribution in [-0.2, 0) is 0 Å². The monoisotopic (exact) mass is 264 g/mol. The molecule has 2 aromatic rings. The molecule has 6 nitrogen and oxygen atoms in total. The maximum Gasteiger partial charge on any atom is 0.273 e. The maximum absolute atomic E-state index is 12.9. The molecule has 0 saturated carbocycles. The van der Waals surface area contributed by atoms with Crippen LogP contribution < -0.4 is 9.47 Å². The molecule has 1 heterocycles. The molecule has 0 saturated heterocycles. The van der Waals surface area contributed by atoms with E-state index in [1.54, 1.807) is 0 Å². The van der Waals surface area contributed by atoms with Crippen molar-refractivity contribution >= 4 is 5.69 Å². The third-order valence-corrected chi connectivity index (χ3v) is 2.26. The average molecular weight is 264 g/mol. The molecule has 1 aromatic heterocycles. The molecule has 1 aromatic carbocycles. The summed E-state index contributed by atoms with van der Waals surface area (Å²) in [5.74, 6) is -0.267. The Morgan fingerprint density at radius 2 is 2.05 bits per heavy atom. The van der Waals surface area contributed by atoms with Crippen LogP contribution in [0.2, 0.25) is 0 Å². The fourth-order valence-electron chi connectivity index (χ4n) is 1.41. The number of hydrogen-bond acceptors (Lipinski definition) is 5. The summed E-state index contributed by atoms with van der Waals surface area (Å²) in [6.07, 6.45) is 0. The minimum Gasteiger partial charge on any atom is -0.493 e. The summed E-state index contributed by atoms with van der Waals surface area (Å²) in [5.41, 5.74) is -0.128. The summed E-state index contributed by atoms with van der Waals surface area (Å²) in [6.45, 7) is 0. The van der Waals surface area contributed by atoms with Crippen molar-refractivity contribution in [2.24, 2.45) is 0 Å². The van der Waals surface area contributed by atoms with Crippen LogP contribution in [0.4, 0.5) is 10.1 Å². The first kappa shape index (κ1) is 12.7. The Kier molecular flexibility index (Phi) is 3.56. The normalized spacial score (nSPS) is 10.0. The van der Waals surface area contributed by atoms with Gasteiger partial charge in [-0.1, -0.05) is 6.07 Å². The number of hydrogen-bond donors (Lipinski definition) is 0.